The van der Waals surface area contributed by atoms with Crippen molar-refractivity contribution >= 4 is 5.78 Å². The van der Waals surface area contributed by atoms with Gasteiger partial charge in [0.2, 0.25) is 0 Å². The lowest BCUT2D eigenvalue weighted by Crippen LogP contribution is -2.10. The van der Waals surface area contributed by atoms with Crippen molar-refractivity contribution in [3.05, 3.63) is 24.3 Å². The Morgan fingerprint density at radius 2 is 2.31 bits per heavy atom. The van der Waals surface area contributed by atoms with Gasteiger partial charge in [-0.3, -0.25) is 4.79 Å². The van der Waals surface area contributed by atoms with Crippen molar-refractivity contribution in [2.24, 2.45) is 0 Å². The zero-order chi connectivity index (χ0) is 12.1. The summed E-state index contributed by atoms with van der Waals surface area (Å²) >= 11 is 0. The van der Waals surface area contributed by atoms with E-state index in [1.54, 1.807) is 0 Å². The second-order valence-corrected chi connectivity index (χ2v) is 3.09. The van der Waals surface area contributed by atoms with Crippen LogP contribution in [0.15, 0.2) is 24.3 Å². The number of hydrogen-bond donors (Lipinski definition) is 1. The molecule has 13 heavy (non-hydrogen) atoms. The number of Topliss-reactive ketones (excluding diaryl/α,β-unsaturated/α-hetero) is 1. The molecular formula is C11H20O2. The van der Waals surface area contributed by atoms with Crippen LogP contribution >= 0.6 is 0 Å². The van der Waals surface area contributed by atoms with Crippen molar-refractivity contribution < 1.29 is 12.9 Å². The fraction of sp³-hybridized carbons (Fsp3) is 0.545. The molecule has 0 spiro atoms. The molecule has 0 amide bonds. The summed E-state index contributed by atoms with van der Waals surface area (Å²) in [7, 11) is 0. The van der Waals surface area contributed by atoms with E-state index in [9.17, 15) is 9.90 Å². The van der Waals surface area contributed by atoms with Crippen LogP contribution in [0.4, 0.5) is 0 Å². The molecule has 0 aromatic rings. The first-order chi connectivity index (χ1) is 7.16. The Hall–Kier alpha value is -0.890. The normalized spacial score (nSPS) is 14.7. The van der Waals surface area contributed by atoms with E-state index in [2.05, 4.69) is 0 Å². The van der Waals surface area contributed by atoms with Crippen molar-refractivity contribution in [2.45, 2.75) is 39.2 Å². The zero-order valence-corrected chi connectivity index (χ0v) is 8.36. The highest BCUT2D eigenvalue weighted by molar-refractivity contribution is 5.75. The molecule has 0 bridgehead atoms. The van der Waals surface area contributed by atoms with E-state index in [1.165, 1.54) is 6.92 Å². The van der Waals surface area contributed by atoms with Crippen LogP contribution in [-0.4, -0.2) is 17.0 Å². The second kappa shape index (κ2) is 7.74. The standard InChI is InChI=1S/C11H18O2.H2/c1-3-4-5-6-7-8-11(13)9-10(2)12;/h3-6,11,13H,7-9H2,1-2H3;1H/b4-3+,6-5-;/i;1+1D. The molecule has 1 unspecified atom stereocenters. The Morgan fingerprint density at radius 3 is 2.85 bits per heavy atom. The van der Waals surface area contributed by atoms with E-state index in [4.69, 9.17) is 2.97 Å². The summed E-state index contributed by atoms with van der Waals surface area (Å²) in [5.41, 5.74) is 0. The van der Waals surface area contributed by atoms with Crippen molar-refractivity contribution in [1.82, 2.24) is 0 Å². The number of carbonyl (C=O) groups is 1. The summed E-state index contributed by atoms with van der Waals surface area (Å²) < 4.78 is 10.0. The van der Waals surface area contributed by atoms with Gasteiger partial charge in [-0.25, -0.2) is 0 Å². The highest BCUT2D eigenvalue weighted by Crippen LogP contribution is 2.02. The number of carbonyl (C=O) groups excluding carboxylic acids is 1. The zero-order valence-electron chi connectivity index (χ0n) is 10.4. The maximum atomic E-state index is 10.6. The van der Waals surface area contributed by atoms with E-state index in [0.29, 0.717) is 6.42 Å². The second-order valence-electron chi connectivity index (χ2n) is 3.09. The van der Waals surface area contributed by atoms with Gasteiger partial charge in [0.1, 0.15) is 5.78 Å². The molecule has 2 heteroatoms. The predicted octanol–water partition coefficient (Wildman–Crippen LogP) is 2.48. The monoisotopic (exact) mass is 186 g/mol. The molecule has 0 fully saturated rings. The van der Waals surface area contributed by atoms with Crippen LogP contribution in [0.2, 0.25) is 0 Å². The Kier molecular flexibility index (Phi) is 6.07. The van der Waals surface area contributed by atoms with Crippen LogP contribution in [0.5, 0.6) is 0 Å². The number of hydrogen-bond acceptors (Lipinski definition) is 2. The van der Waals surface area contributed by atoms with Crippen LogP contribution in [-0.2, 0) is 4.79 Å². The van der Waals surface area contributed by atoms with Crippen LogP contribution in [0, 0.1) is 0 Å². The smallest absolute Gasteiger partial charge is 0.132 e. The lowest BCUT2D eigenvalue weighted by molar-refractivity contribution is -0.118. The minimum Gasteiger partial charge on any atom is -0.393 e. The quantitative estimate of drug-likeness (QED) is 0.647. The number of rotatable bonds is 6. The molecule has 0 aromatic carbocycles. The molecule has 0 radical (unpaired) electrons. The van der Waals surface area contributed by atoms with Crippen LogP contribution < -0.4 is 0 Å². The molecule has 0 rings (SSSR count). The van der Waals surface area contributed by atoms with Gasteiger partial charge in [0.15, 0.2) is 0 Å². The fourth-order valence-electron chi connectivity index (χ4n) is 1.01. The lowest BCUT2D eigenvalue weighted by Gasteiger charge is -2.04. The average Bonchev–Trinajstić information content (AvgIpc) is 2.19. The van der Waals surface area contributed by atoms with Gasteiger partial charge in [-0.2, -0.15) is 0 Å². The van der Waals surface area contributed by atoms with E-state index in [-0.39, 0.29) is 12.2 Å². The number of aliphatic hydroxyl groups excluding tert-OH is 1. The highest BCUT2D eigenvalue weighted by Gasteiger charge is 2.04. The summed E-state index contributed by atoms with van der Waals surface area (Å²) in [5.74, 6) is 0.0462. The third-order valence-electron chi connectivity index (χ3n) is 1.63. The minimum absolute atomic E-state index is 0.0462. The molecule has 0 saturated heterocycles. The Morgan fingerprint density at radius 1 is 1.62 bits per heavy atom. The maximum Gasteiger partial charge on any atom is 0.132 e. The topological polar surface area (TPSA) is 37.3 Å². The predicted molar refractivity (Wildman–Crippen MR) is 56.6 cm³/mol. The molecule has 0 saturated carbocycles. The molecule has 0 aliphatic heterocycles. The van der Waals surface area contributed by atoms with Crippen LogP contribution in [0.1, 0.15) is 36.1 Å². The third-order valence-corrected chi connectivity index (χ3v) is 1.63. The van der Waals surface area contributed by atoms with Gasteiger partial charge in [-0.1, -0.05) is 24.3 Å². The highest BCUT2D eigenvalue weighted by atomic mass is 16.3. The molecule has 0 aliphatic carbocycles. The Labute approximate surface area is 83.1 Å². The summed E-state index contributed by atoms with van der Waals surface area (Å²) in [4.78, 5) is 10.6. The molecule has 76 valence electrons. The molecule has 0 aliphatic rings. The van der Waals surface area contributed by atoms with E-state index >= 15 is 0 Å². The van der Waals surface area contributed by atoms with Crippen molar-refractivity contribution in [3.63, 3.8) is 0 Å². The summed E-state index contributed by atoms with van der Waals surface area (Å²) in [6, 6.07) is 0. The largest absolute Gasteiger partial charge is 0.393 e. The first kappa shape index (κ1) is 10.2. The average molecular weight is 186 g/mol. The van der Waals surface area contributed by atoms with E-state index < -0.39 is 6.10 Å². The molecule has 1 N–H and O–H groups in total. The molecule has 0 aromatic heterocycles. The molecule has 0 heterocycles. The van der Waals surface area contributed by atoms with E-state index in [0.717, 1.165) is 6.42 Å². The van der Waals surface area contributed by atoms with Crippen molar-refractivity contribution in [1.29, 1.82) is 0 Å². The summed E-state index contributed by atoms with van der Waals surface area (Å²) in [5, 5.41) is 9.30. The van der Waals surface area contributed by atoms with Gasteiger partial charge >= 0.3 is 0 Å². The number of allylic oxidation sites excluding steroid dienone is 4. The van der Waals surface area contributed by atoms with Gasteiger partial charge in [-0.15, -0.1) is 0 Å². The van der Waals surface area contributed by atoms with Gasteiger partial charge in [0.25, 0.3) is 0 Å². The first-order valence-electron chi connectivity index (χ1n) is 5.62. The fourth-order valence-corrected chi connectivity index (χ4v) is 1.01. The summed E-state index contributed by atoms with van der Waals surface area (Å²) in [6.07, 6.45) is 9.10. The van der Waals surface area contributed by atoms with Crippen LogP contribution in [0.25, 0.3) is 0 Å². The van der Waals surface area contributed by atoms with Crippen molar-refractivity contribution in [2.75, 3.05) is 0 Å². The number of aliphatic hydroxyl groups is 1. The van der Waals surface area contributed by atoms with Crippen LogP contribution in [0.3, 0.4) is 0 Å². The number of ketones is 1. The van der Waals surface area contributed by atoms with Gasteiger partial charge in [0.05, 0.1) is 6.10 Å². The van der Waals surface area contributed by atoms with E-state index in [1.807, 2.05) is 31.2 Å². The van der Waals surface area contributed by atoms with Gasteiger partial charge in [0, 0.05) is 9.39 Å². The summed E-state index contributed by atoms with van der Waals surface area (Å²) in [6.45, 7) is 3.45. The first-order valence-corrected chi connectivity index (χ1v) is 4.62. The van der Waals surface area contributed by atoms with Gasteiger partial charge in [-0.05, 0) is 26.7 Å². The molecular weight excluding hydrogens is 164 g/mol. The SMILES string of the molecule is C/C=C/C=C\CCC(O)CC(C)=O.[2H][2H]. The third kappa shape index (κ3) is 9.02. The Balaban J connectivity index is 0. The lowest BCUT2D eigenvalue weighted by atomic mass is 10.1. The molecule has 1 atom stereocenters. The van der Waals surface area contributed by atoms with Crippen molar-refractivity contribution in [3.8, 4) is 0 Å². The Bertz CT molecular complexity index is 201. The molecule has 2 nitrogen and oxygen atoms in total. The maximum absolute atomic E-state index is 10.6. The van der Waals surface area contributed by atoms with Gasteiger partial charge < -0.3 is 5.11 Å². The minimum atomic E-state index is -0.479.